The molecule has 0 fully saturated rings. The van der Waals surface area contributed by atoms with Gasteiger partial charge in [0, 0.05) is 11.8 Å². The van der Waals surface area contributed by atoms with Crippen LogP contribution in [0.3, 0.4) is 0 Å². The highest BCUT2D eigenvalue weighted by Crippen LogP contribution is 2.32. The van der Waals surface area contributed by atoms with Crippen LogP contribution in [0.15, 0.2) is 0 Å². The normalized spacial score (nSPS) is 17.6. The zero-order valence-corrected chi connectivity index (χ0v) is 25.0. The van der Waals surface area contributed by atoms with Crippen LogP contribution in [-0.4, -0.2) is 77.6 Å². The van der Waals surface area contributed by atoms with Crippen molar-refractivity contribution in [3.63, 3.8) is 0 Å². The first-order chi connectivity index (χ1) is 20.8. The van der Waals surface area contributed by atoms with E-state index in [1.165, 1.54) is 6.92 Å². The number of ether oxygens (including phenoxy) is 4. The average molecular weight is 711 g/mol. The molecule has 0 aliphatic carbocycles. The van der Waals surface area contributed by atoms with Crippen molar-refractivity contribution >= 4 is 35.8 Å². The van der Waals surface area contributed by atoms with Gasteiger partial charge in [0.2, 0.25) is 0 Å². The minimum atomic E-state index is -5.84. The molecule has 0 radical (unpaired) electrons. The Hall–Kier alpha value is -3.93. The molecule has 0 spiro atoms. The molecular weight excluding hydrogens is 681 g/mol. The number of halogens is 9. The molecule has 272 valence electrons. The number of hydrogen-bond acceptors (Lipinski definition) is 15. The van der Waals surface area contributed by atoms with Gasteiger partial charge in [-0.2, -0.15) is 39.5 Å². The van der Waals surface area contributed by atoms with E-state index in [0.717, 1.165) is 34.6 Å². The van der Waals surface area contributed by atoms with Gasteiger partial charge in [-0.1, -0.05) is 41.5 Å². The molecule has 0 amide bonds. The summed E-state index contributed by atoms with van der Waals surface area (Å²) in [7, 11) is 0. The molecular formula is C23H30F9N3O12. The van der Waals surface area contributed by atoms with Crippen molar-refractivity contribution in [3.05, 3.63) is 0 Å². The second-order valence-corrected chi connectivity index (χ2v) is 10.3. The first kappa shape index (κ1) is 43.1. The van der Waals surface area contributed by atoms with Gasteiger partial charge in [0.05, 0.1) is 0 Å². The van der Waals surface area contributed by atoms with E-state index >= 15 is 0 Å². The maximum atomic E-state index is 13.2. The molecule has 0 aliphatic rings. The van der Waals surface area contributed by atoms with Gasteiger partial charge < -0.3 is 18.9 Å². The fourth-order valence-electron chi connectivity index (χ4n) is 3.03. The molecule has 0 aromatic rings. The summed E-state index contributed by atoms with van der Waals surface area (Å²) >= 11 is 0. The number of alkyl halides is 9. The van der Waals surface area contributed by atoms with Crippen LogP contribution < -0.4 is 17.2 Å². The molecule has 0 aliphatic heterocycles. The lowest BCUT2D eigenvalue weighted by molar-refractivity contribution is -0.300. The molecule has 2 unspecified atom stereocenters. The van der Waals surface area contributed by atoms with E-state index < -0.39 is 95.4 Å². The van der Waals surface area contributed by atoms with E-state index in [2.05, 4.69) is 24.0 Å². The third kappa shape index (κ3) is 10.5. The number of carbonyl (C=O) groups is 6. The summed E-state index contributed by atoms with van der Waals surface area (Å²) in [4.78, 5) is 80.3. The molecule has 0 heterocycles. The monoisotopic (exact) mass is 711 g/mol. The van der Waals surface area contributed by atoms with E-state index in [0.29, 0.717) is 0 Å². The van der Waals surface area contributed by atoms with Crippen LogP contribution >= 0.6 is 0 Å². The predicted octanol–water partition coefficient (Wildman–Crippen LogP) is 1.54. The van der Waals surface area contributed by atoms with Crippen LogP contribution in [0, 0.1) is 17.8 Å². The second-order valence-electron chi connectivity index (χ2n) is 10.3. The minimum absolute atomic E-state index is 0.390. The Bertz CT molecular complexity index is 1210. The summed E-state index contributed by atoms with van der Waals surface area (Å²) in [5, 5.41) is 0. The predicted molar refractivity (Wildman–Crippen MR) is 128 cm³/mol. The zero-order chi connectivity index (χ0) is 37.7. The van der Waals surface area contributed by atoms with Crippen LogP contribution in [0.1, 0.15) is 48.0 Å². The molecule has 0 saturated carbocycles. The van der Waals surface area contributed by atoms with Crippen LogP contribution in [-0.2, 0) is 57.5 Å². The van der Waals surface area contributed by atoms with E-state index in [4.69, 9.17) is 21.9 Å². The van der Waals surface area contributed by atoms with Crippen molar-refractivity contribution in [2.45, 2.75) is 89.8 Å². The summed E-state index contributed by atoms with van der Waals surface area (Å²) in [6, 6.07) is 0. The summed E-state index contributed by atoms with van der Waals surface area (Å²) in [5.74, 6) is -21.3. The number of nitrogens with two attached hydrogens (primary N) is 3. The Kier molecular flexibility index (Phi) is 13.6. The van der Waals surface area contributed by atoms with Gasteiger partial charge in [0.25, 0.3) is 11.4 Å². The van der Waals surface area contributed by atoms with Crippen LogP contribution in [0.5, 0.6) is 0 Å². The molecule has 24 heteroatoms. The Morgan fingerprint density at radius 2 is 0.894 bits per heavy atom. The third-order valence-corrected chi connectivity index (χ3v) is 6.09. The van der Waals surface area contributed by atoms with Gasteiger partial charge in [0.1, 0.15) is 0 Å². The van der Waals surface area contributed by atoms with Gasteiger partial charge in [-0.05, 0) is 12.3 Å². The highest BCUT2D eigenvalue weighted by molar-refractivity contribution is 5.90. The quantitative estimate of drug-likeness (QED) is 0.0650. The first-order valence-corrected chi connectivity index (χ1v) is 12.7. The molecule has 0 saturated heterocycles. The molecule has 6 N–H and O–H groups in total. The standard InChI is InChI=1S/C23H30F9N3O12/c1-7-10(6)19(34,45-16(40)22(27,28)29)13(37)43-20(35,14(38)46-47-17(41)23(30,31)32)11(8(2)3)42-12(36)18(33,9(4)5)44-15(39)21(24,25)26/h8-11H,7,33-35H2,1-6H3/t10?,11?,18-,19-,20+/m1/s1. The van der Waals surface area contributed by atoms with Gasteiger partial charge >= 0.3 is 60.1 Å². The summed E-state index contributed by atoms with van der Waals surface area (Å²) in [6.07, 6.45) is -20.5. The average Bonchev–Trinajstić information content (AvgIpc) is 2.91. The topological polar surface area (TPSA) is 236 Å². The highest BCUT2D eigenvalue weighted by atomic mass is 19.4. The molecule has 0 aromatic heterocycles. The van der Waals surface area contributed by atoms with Crippen molar-refractivity contribution in [1.29, 1.82) is 0 Å². The number of carbonyl (C=O) groups excluding carboxylic acids is 6. The lowest BCUT2D eigenvalue weighted by Gasteiger charge is -2.40. The van der Waals surface area contributed by atoms with Crippen molar-refractivity contribution in [2.24, 2.45) is 35.0 Å². The SMILES string of the molecule is CCC(C)[C@@](N)(OC(=O)C(F)(F)F)C(=O)O[C@](N)(C(=O)OOC(=O)C(F)(F)F)C(OC(=O)[C@](N)(OC(=O)C(F)(F)F)C(C)C)C(C)C. The van der Waals surface area contributed by atoms with E-state index in [9.17, 15) is 68.3 Å². The van der Waals surface area contributed by atoms with Crippen LogP contribution in [0.2, 0.25) is 0 Å². The van der Waals surface area contributed by atoms with Gasteiger partial charge in [-0.25, -0.2) is 38.5 Å². The molecule has 5 atom stereocenters. The second kappa shape index (κ2) is 14.9. The molecule has 47 heavy (non-hydrogen) atoms. The van der Waals surface area contributed by atoms with Crippen LogP contribution in [0.4, 0.5) is 39.5 Å². The van der Waals surface area contributed by atoms with Crippen molar-refractivity contribution in [2.75, 3.05) is 0 Å². The fraction of sp³-hybridized carbons (Fsp3) is 0.739. The molecule has 0 rings (SSSR count). The summed E-state index contributed by atoms with van der Waals surface area (Å²) < 4.78 is 133. The number of rotatable bonds is 12. The summed E-state index contributed by atoms with van der Waals surface area (Å²) in [5.41, 5.74) is 6.04. The van der Waals surface area contributed by atoms with Crippen LogP contribution in [0.25, 0.3) is 0 Å². The first-order valence-electron chi connectivity index (χ1n) is 12.7. The van der Waals surface area contributed by atoms with E-state index in [1.54, 1.807) is 0 Å². The van der Waals surface area contributed by atoms with Crippen molar-refractivity contribution < 1.29 is 97.0 Å². The van der Waals surface area contributed by atoms with E-state index in [-0.39, 0.29) is 6.42 Å². The number of hydrogen-bond donors (Lipinski definition) is 3. The van der Waals surface area contributed by atoms with Crippen molar-refractivity contribution in [3.8, 4) is 0 Å². The molecule has 0 bridgehead atoms. The van der Waals surface area contributed by atoms with Gasteiger partial charge in [-0.3, -0.25) is 17.2 Å². The summed E-state index contributed by atoms with van der Waals surface area (Å²) in [6.45, 7) is 5.80. The Balaban J connectivity index is 7.16. The maximum Gasteiger partial charge on any atom is 0.495 e. The number of esters is 4. The van der Waals surface area contributed by atoms with Gasteiger partial charge in [-0.15, -0.1) is 0 Å². The van der Waals surface area contributed by atoms with Gasteiger partial charge in [0.15, 0.2) is 6.10 Å². The minimum Gasteiger partial charge on any atom is -0.452 e. The Labute approximate surface area is 258 Å². The lowest BCUT2D eigenvalue weighted by Crippen LogP contribution is -2.69. The largest absolute Gasteiger partial charge is 0.495 e. The molecule has 15 nitrogen and oxygen atoms in total. The van der Waals surface area contributed by atoms with E-state index in [1.807, 2.05) is 0 Å². The maximum absolute atomic E-state index is 13.2. The Morgan fingerprint density at radius 3 is 1.23 bits per heavy atom. The third-order valence-electron chi connectivity index (χ3n) is 6.09. The zero-order valence-electron chi connectivity index (χ0n) is 25.0. The molecule has 0 aromatic carbocycles. The smallest absolute Gasteiger partial charge is 0.452 e. The Morgan fingerprint density at radius 1 is 0.532 bits per heavy atom. The van der Waals surface area contributed by atoms with Crippen molar-refractivity contribution in [1.82, 2.24) is 0 Å². The fourth-order valence-corrected chi connectivity index (χ4v) is 3.03. The highest BCUT2D eigenvalue weighted by Gasteiger charge is 2.60. The lowest BCUT2D eigenvalue weighted by atomic mass is 9.93.